The molecule has 0 amide bonds. The van der Waals surface area contributed by atoms with Gasteiger partial charge in [-0.2, -0.15) is 0 Å². The van der Waals surface area contributed by atoms with Crippen molar-refractivity contribution in [1.29, 1.82) is 0 Å². The summed E-state index contributed by atoms with van der Waals surface area (Å²) in [6, 6.07) is 6.18. The van der Waals surface area contributed by atoms with E-state index in [2.05, 4.69) is 0 Å². The van der Waals surface area contributed by atoms with Crippen LogP contribution in [0.25, 0.3) is 0 Å². The molecule has 1 aromatic carbocycles. The van der Waals surface area contributed by atoms with Crippen LogP contribution >= 0.6 is 0 Å². The highest BCUT2D eigenvalue weighted by molar-refractivity contribution is 5.84. The molecule has 1 fully saturated rings. The van der Waals surface area contributed by atoms with E-state index in [0.717, 1.165) is 42.6 Å². The Hall–Kier alpha value is -1.35. The van der Waals surface area contributed by atoms with Crippen LogP contribution < -0.4 is 10.5 Å². The third-order valence-electron chi connectivity index (χ3n) is 3.97. The molecule has 1 aliphatic rings. The van der Waals surface area contributed by atoms with Crippen molar-refractivity contribution in [3.63, 3.8) is 0 Å². The number of benzene rings is 1. The maximum Gasteiger partial charge on any atom is 0.140 e. The SMILES string of the molecule is COc1ccc(C)cc1CC(=O)C1CCCC(N)C1. The molecule has 2 unspecified atom stereocenters. The molecular formula is C16H23NO2. The first-order chi connectivity index (χ1) is 9.10. The monoisotopic (exact) mass is 261 g/mol. The van der Waals surface area contributed by atoms with Gasteiger partial charge in [0.1, 0.15) is 11.5 Å². The Balaban J connectivity index is 2.07. The van der Waals surface area contributed by atoms with Crippen molar-refractivity contribution < 1.29 is 9.53 Å². The van der Waals surface area contributed by atoms with Crippen molar-refractivity contribution in [3.8, 4) is 5.75 Å². The maximum absolute atomic E-state index is 12.4. The molecule has 0 saturated heterocycles. The van der Waals surface area contributed by atoms with Crippen molar-refractivity contribution >= 4 is 5.78 Å². The van der Waals surface area contributed by atoms with Gasteiger partial charge in [0.25, 0.3) is 0 Å². The van der Waals surface area contributed by atoms with E-state index < -0.39 is 0 Å². The summed E-state index contributed by atoms with van der Waals surface area (Å²) in [6.07, 6.45) is 4.41. The summed E-state index contributed by atoms with van der Waals surface area (Å²) in [4.78, 5) is 12.4. The van der Waals surface area contributed by atoms with Gasteiger partial charge in [-0.05, 0) is 32.3 Å². The number of rotatable bonds is 4. The molecule has 0 radical (unpaired) electrons. The highest BCUT2D eigenvalue weighted by Gasteiger charge is 2.25. The van der Waals surface area contributed by atoms with Crippen LogP contribution in [0, 0.1) is 12.8 Å². The molecule has 1 aromatic rings. The van der Waals surface area contributed by atoms with Crippen LogP contribution in [0.2, 0.25) is 0 Å². The van der Waals surface area contributed by atoms with E-state index in [1.165, 1.54) is 0 Å². The first-order valence-corrected chi connectivity index (χ1v) is 7.02. The van der Waals surface area contributed by atoms with Crippen molar-refractivity contribution in [2.45, 2.75) is 45.1 Å². The van der Waals surface area contributed by atoms with Gasteiger partial charge in [-0.1, -0.05) is 24.1 Å². The van der Waals surface area contributed by atoms with Crippen LogP contribution in [0.5, 0.6) is 5.75 Å². The Bertz CT molecular complexity index is 456. The lowest BCUT2D eigenvalue weighted by molar-refractivity contribution is -0.123. The second kappa shape index (κ2) is 6.20. The van der Waals surface area contributed by atoms with Gasteiger partial charge >= 0.3 is 0 Å². The zero-order chi connectivity index (χ0) is 13.8. The third-order valence-corrected chi connectivity index (χ3v) is 3.97. The van der Waals surface area contributed by atoms with Gasteiger partial charge in [-0.15, -0.1) is 0 Å². The molecule has 104 valence electrons. The molecule has 0 bridgehead atoms. The van der Waals surface area contributed by atoms with E-state index in [1.807, 2.05) is 25.1 Å². The summed E-state index contributed by atoms with van der Waals surface area (Å²) in [5.74, 6) is 1.24. The van der Waals surface area contributed by atoms with E-state index in [-0.39, 0.29) is 12.0 Å². The average Bonchev–Trinajstić information content (AvgIpc) is 2.39. The summed E-state index contributed by atoms with van der Waals surface area (Å²) in [5, 5.41) is 0. The number of hydrogen-bond donors (Lipinski definition) is 1. The minimum Gasteiger partial charge on any atom is -0.496 e. The summed E-state index contributed by atoms with van der Waals surface area (Å²) in [6.45, 7) is 2.03. The van der Waals surface area contributed by atoms with Crippen LogP contribution in [0.15, 0.2) is 18.2 Å². The molecule has 1 aliphatic carbocycles. The predicted octanol–water partition coefficient (Wildman–Crippen LogP) is 2.63. The van der Waals surface area contributed by atoms with Crippen molar-refractivity contribution in [3.05, 3.63) is 29.3 Å². The number of ether oxygens (including phenoxy) is 1. The zero-order valence-electron chi connectivity index (χ0n) is 11.8. The average molecular weight is 261 g/mol. The number of ketones is 1. The van der Waals surface area contributed by atoms with Gasteiger partial charge in [-0.3, -0.25) is 4.79 Å². The van der Waals surface area contributed by atoms with Gasteiger partial charge in [-0.25, -0.2) is 0 Å². The van der Waals surface area contributed by atoms with Gasteiger partial charge < -0.3 is 10.5 Å². The smallest absolute Gasteiger partial charge is 0.140 e. The fourth-order valence-corrected chi connectivity index (χ4v) is 2.90. The Morgan fingerprint density at radius 2 is 2.21 bits per heavy atom. The van der Waals surface area contributed by atoms with E-state index in [1.54, 1.807) is 7.11 Å². The van der Waals surface area contributed by atoms with Crippen molar-refractivity contribution in [2.75, 3.05) is 7.11 Å². The van der Waals surface area contributed by atoms with Crippen LogP contribution in [0.4, 0.5) is 0 Å². The van der Waals surface area contributed by atoms with Gasteiger partial charge in [0, 0.05) is 23.9 Å². The number of carbonyl (C=O) groups excluding carboxylic acids is 1. The minimum atomic E-state index is 0.133. The molecule has 3 nitrogen and oxygen atoms in total. The van der Waals surface area contributed by atoms with E-state index in [9.17, 15) is 4.79 Å². The predicted molar refractivity (Wildman–Crippen MR) is 76.4 cm³/mol. The van der Waals surface area contributed by atoms with E-state index in [4.69, 9.17) is 10.5 Å². The topological polar surface area (TPSA) is 52.3 Å². The number of methoxy groups -OCH3 is 1. The standard InChI is InChI=1S/C16H23NO2/c1-11-6-7-16(19-2)13(8-11)10-15(18)12-4-3-5-14(17)9-12/h6-8,12,14H,3-5,9-10,17H2,1-2H3. The van der Waals surface area contributed by atoms with E-state index >= 15 is 0 Å². The molecule has 19 heavy (non-hydrogen) atoms. The summed E-state index contributed by atoms with van der Waals surface area (Å²) in [5.41, 5.74) is 8.11. The Morgan fingerprint density at radius 1 is 1.42 bits per heavy atom. The number of nitrogens with two attached hydrogens (primary N) is 1. The Morgan fingerprint density at radius 3 is 2.89 bits per heavy atom. The molecule has 1 saturated carbocycles. The minimum absolute atomic E-state index is 0.133. The second-order valence-electron chi connectivity index (χ2n) is 5.58. The fraction of sp³-hybridized carbons (Fsp3) is 0.562. The van der Waals surface area contributed by atoms with Crippen LogP contribution in [-0.4, -0.2) is 18.9 Å². The van der Waals surface area contributed by atoms with Gasteiger partial charge in [0.15, 0.2) is 0 Å². The lowest BCUT2D eigenvalue weighted by Crippen LogP contribution is -2.32. The largest absolute Gasteiger partial charge is 0.496 e. The van der Waals surface area contributed by atoms with Crippen LogP contribution in [0.1, 0.15) is 36.8 Å². The second-order valence-corrected chi connectivity index (χ2v) is 5.58. The first-order valence-electron chi connectivity index (χ1n) is 7.02. The maximum atomic E-state index is 12.4. The number of aryl methyl sites for hydroxylation is 1. The summed E-state index contributed by atoms with van der Waals surface area (Å²) in [7, 11) is 1.65. The summed E-state index contributed by atoms with van der Waals surface area (Å²) >= 11 is 0. The quantitative estimate of drug-likeness (QED) is 0.906. The Labute approximate surface area is 115 Å². The zero-order valence-corrected chi connectivity index (χ0v) is 11.8. The Kier molecular flexibility index (Phi) is 4.59. The van der Waals surface area contributed by atoms with E-state index in [0.29, 0.717) is 12.2 Å². The fourth-order valence-electron chi connectivity index (χ4n) is 2.90. The highest BCUT2D eigenvalue weighted by atomic mass is 16.5. The lowest BCUT2D eigenvalue weighted by Gasteiger charge is -2.25. The number of carbonyl (C=O) groups is 1. The third kappa shape index (κ3) is 3.57. The van der Waals surface area contributed by atoms with Crippen molar-refractivity contribution in [1.82, 2.24) is 0 Å². The molecule has 0 aliphatic heterocycles. The lowest BCUT2D eigenvalue weighted by atomic mass is 9.82. The molecule has 3 heteroatoms. The number of hydrogen-bond acceptors (Lipinski definition) is 3. The van der Waals surface area contributed by atoms with Crippen LogP contribution in [0.3, 0.4) is 0 Å². The molecule has 2 atom stereocenters. The van der Waals surface area contributed by atoms with Crippen molar-refractivity contribution in [2.24, 2.45) is 11.7 Å². The molecule has 2 rings (SSSR count). The highest BCUT2D eigenvalue weighted by Crippen LogP contribution is 2.27. The molecule has 2 N–H and O–H groups in total. The van der Waals surface area contributed by atoms with Gasteiger partial charge in [0.2, 0.25) is 0 Å². The molecule has 0 aromatic heterocycles. The molecule has 0 spiro atoms. The normalized spacial score (nSPS) is 23.1. The number of Topliss-reactive ketones (excluding diaryl/α,β-unsaturated/α-hetero) is 1. The van der Waals surface area contributed by atoms with Crippen LogP contribution in [-0.2, 0) is 11.2 Å². The van der Waals surface area contributed by atoms with Gasteiger partial charge in [0.05, 0.1) is 7.11 Å². The molecular weight excluding hydrogens is 238 g/mol. The molecule has 0 heterocycles. The first kappa shape index (κ1) is 14.1. The summed E-state index contributed by atoms with van der Waals surface area (Å²) < 4.78 is 5.33.